The number of thiophene rings is 1. The van der Waals surface area contributed by atoms with Crippen molar-refractivity contribution in [3.8, 4) is 0 Å². The Hall–Kier alpha value is -0.900. The molecule has 0 amide bonds. The average Bonchev–Trinajstić information content (AvgIpc) is 2.41. The van der Waals surface area contributed by atoms with Crippen molar-refractivity contribution in [2.45, 2.75) is 13.3 Å². The summed E-state index contributed by atoms with van der Waals surface area (Å²) in [5, 5.41) is 13.5. The van der Waals surface area contributed by atoms with Crippen LogP contribution in [0.2, 0.25) is 0 Å². The van der Waals surface area contributed by atoms with E-state index in [1.54, 1.807) is 18.3 Å². The van der Waals surface area contributed by atoms with E-state index in [4.69, 9.17) is 0 Å². The largest absolute Gasteiger partial charge is 0.265 e. The third-order valence-corrected chi connectivity index (χ3v) is 1.46. The summed E-state index contributed by atoms with van der Waals surface area (Å²) in [6, 6.07) is 4.04. The van der Waals surface area contributed by atoms with Gasteiger partial charge in [0.25, 0.3) is 0 Å². The minimum Gasteiger partial charge on any atom is -0.265 e. The second kappa shape index (κ2) is 7.21. The van der Waals surface area contributed by atoms with E-state index >= 15 is 0 Å². The fraction of sp³-hybridized carbons (Fsp3) is 0.429. The molecule has 11 heavy (non-hydrogen) atoms. The second-order valence-electron chi connectivity index (χ2n) is 1.85. The molecule has 1 aromatic heterocycles. The van der Waals surface area contributed by atoms with Gasteiger partial charge in [-0.3, -0.25) is 10.1 Å². The maximum absolute atomic E-state index is 9.40. The smallest absolute Gasteiger partial charge is 0.203 e. The highest BCUT2D eigenvalue weighted by atomic mass is 32.1. The van der Waals surface area contributed by atoms with E-state index in [1.807, 2.05) is 22.9 Å². The van der Waals surface area contributed by atoms with Gasteiger partial charge in [-0.25, -0.2) is 0 Å². The molecule has 4 heteroatoms. The van der Waals surface area contributed by atoms with Crippen molar-refractivity contribution in [3.63, 3.8) is 0 Å². The van der Waals surface area contributed by atoms with E-state index in [9.17, 15) is 10.1 Å². The van der Waals surface area contributed by atoms with E-state index in [2.05, 4.69) is 0 Å². The Kier molecular flexibility index (Phi) is 6.62. The van der Waals surface area contributed by atoms with Crippen LogP contribution in [0.15, 0.2) is 22.9 Å². The van der Waals surface area contributed by atoms with Crippen molar-refractivity contribution in [1.29, 1.82) is 0 Å². The summed E-state index contributed by atoms with van der Waals surface area (Å²) in [5.74, 6) is 0. The van der Waals surface area contributed by atoms with Gasteiger partial charge in [-0.2, -0.15) is 11.3 Å². The summed E-state index contributed by atoms with van der Waals surface area (Å²) in [5.41, 5.74) is 0. The molecule has 3 nitrogen and oxygen atoms in total. The molecular formula is C7H11NO2S. The van der Waals surface area contributed by atoms with Crippen LogP contribution in [0.25, 0.3) is 0 Å². The first-order valence-electron chi connectivity index (χ1n) is 3.36. The highest BCUT2D eigenvalue weighted by Gasteiger charge is 1.85. The predicted molar refractivity (Wildman–Crippen MR) is 46.5 cm³/mol. The lowest BCUT2D eigenvalue weighted by molar-refractivity contribution is -0.479. The summed E-state index contributed by atoms with van der Waals surface area (Å²) in [4.78, 5) is 9.09. The first kappa shape index (κ1) is 10.1. The summed E-state index contributed by atoms with van der Waals surface area (Å²) in [7, 11) is 0. The molecule has 0 aliphatic rings. The standard InChI is InChI=1S/C4H4S.C3H7NO2/c1-2-4-5-3-1;1-2-3-4(5)6/h1-4H;2-3H2,1H3. The molecule has 1 aromatic rings. The van der Waals surface area contributed by atoms with Gasteiger partial charge in [0, 0.05) is 11.3 Å². The fourth-order valence-corrected chi connectivity index (χ4v) is 0.863. The first-order chi connectivity index (χ1) is 5.27. The molecule has 0 saturated carbocycles. The molecule has 1 rings (SSSR count). The molecule has 0 spiro atoms. The Morgan fingerprint density at radius 1 is 1.45 bits per heavy atom. The lowest BCUT2D eigenvalue weighted by Gasteiger charge is -1.80. The van der Waals surface area contributed by atoms with Gasteiger partial charge in [-0.1, -0.05) is 19.1 Å². The zero-order valence-corrected chi connectivity index (χ0v) is 7.21. The van der Waals surface area contributed by atoms with Crippen LogP contribution in [0.3, 0.4) is 0 Å². The molecule has 0 saturated heterocycles. The lowest BCUT2D eigenvalue weighted by atomic mass is 10.5. The molecule has 0 unspecified atom stereocenters. The Balaban J connectivity index is 0.000000183. The topological polar surface area (TPSA) is 43.1 Å². The average molecular weight is 173 g/mol. The molecular weight excluding hydrogens is 162 g/mol. The quantitative estimate of drug-likeness (QED) is 0.509. The van der Waals surface area contributed by atoms with Gasteiger partial charge < -0.3 is 0 Å². The van der Waals surface area contributed by atoms with Crippen molar-refractivity contribution in [2.75, 3.05) is 6.54 Å². The van der Waals surface area contributed by atoms with E-state index in [0.29, 0.717) is 6.42 Å². The minimum atomic E-state index is -0.319. The first-order valence-corrected chi connectivity index (χ1v) is 4.30. The third kappa shape index (κ3) is 9.10. The molecule has 0 atom stereocenters. The predicted octanol–water partition coefficient (Wildman–Crippen LogP) is 2.42. The molecule has 0 aliphatic heterocycles. The Morgan fingerprint density at radius 2 is 2.00 bits per heavy atom. The number of nitro groups is 1. The maximum atomic E-state index is 9.40. The monoisotopic (exact) mass is 173 g/mol. The van der Waals surface area contributed by atoms with Gasteiger partial charge in [-0.05, 0) is 10.8 Å². The van der Waals surface area contributed by atoms with Crippen LogP contribution < -0.4 is 0 Å². The van der Waals surface area contributed by atoms with Gasteiger partial charge in [0.05, 0.1) is 0 Å². The summed E-state index contributed by atoms with van der Waals surface area (Å²) >= 11 is 1.71. The zero-order valence-electron chi connectivity index (χ0n) is 6.40. The van der Waals surface area contributed by atoms with E-state index in [1.165, 1.54) is 0 Å². The van der Waals surface area contributed by atoms with Crippen molar-refractivity contribution in [2.24, 2.45) is 0 Å². The van der Waals surface area contributed by atoms with Gasteiger partial charge in [0.2, 0.25) is 6.54 Å². The molecule has 0 aliphatic carbocycles. The lowest BCUT2D eigenvalue weighted by Crippen LogP contribution is -1.96. The molecule has 0 bridgehead atoms. The van der Waals surface area contributed by atoms with Crippen LogP contribution in [0.4, 0.5) is 0 Å². The molecule has 1 heterocycles. The van der Waals surface area contributed by atoms with E-state index in [-0.39, 0.29) is 11.5 Å². The molecule has 0 N–H and O–H groups in total. The number of rotatable bonds is 2. The van der Waals surface area contributed by atoms with Crippen molar-refractivity contribution in [1.82, 2.24) is 0 Å². The maximum Gasteiger partial charge on any atom is 0.203 e. The van der Waals surface area contributed by atoms with Gasteiger partial charge in [0.15, 0.2) is 0 Å². The normalized spacial score (nSPS) is 8.09. The second-order valence-corrected chi connectivity index (χ2v) is 2.67. The number of hydrogen-bond donors (Lipinski definition) is 0. The third-order valence-electron chi connectivity index (χ3n) is 0.832. The molecule has 0 aromatic carbocycles. The summed E-state index contributed by atoms with van der Waals surface area (Å²) < 4.78 is 0. The van der Waals surface area contributed by atoms with E-state index in [0.717, 1.165) is 0 Å². The Labute approximate surface area is 69.8 Å². The van der Waals surface area contributed by atoms with Crippen LogP contribution in [0.5, 0.6) is 0 Å². The van der Waals surface area contributed by atoms with Crippen molar-refractivity contribution < 1.29 is 4.92 Å². The molecule has 0 fully saturated rings. The van der Waals surface area contributed by atoms with Crippen LogP contribution in [0, 0.1) is 10.1 Å². The molecule has 0 radical (unpaired) electrons. The van der Waals surface area contributed by atoms with Crippen LogP contribution in [-0.4, -0.2) is 11.5 Å². The van der Waals surface area contributed by atoms with E-state index < -0.39 is 0 Å². The Morgan fingerprint density at radius 3 is 2.09 bits per heavy atom. The van der Waals surface area contributed by atoms with Crippen LogP contribution in [0.1, 0.15) is 13.3 Å². The highest BCUT2D eigenvalue weighted by molar-refractivity contribution is 7.07. The van der Waals surface area contributed by atoms with Gasteiger partial charge >= 0.3 is 0 Å². The number of nitrogens with zero attached hydrogens (tertiary/aromatic N) is 1. The van der Waals surface area contributed by atoms with Crippen molar-refractivity contribution >= 4 is 11.3 Å². The number of hydrogen-bond acceptors (Lipinski definition) is 3. The zero-order chi connectivity index (χ0) is 8.53. The Bertz CT molecular complexity index is 157. The minimum absolute atomic E-state index is 0.0972. The summed E-state index contributed by atoms with van der Waals surface area (Å²) in [6.07, 6.45) is 0.632. The van der Waals surface area contributed by atoms with Gasteiger partial charge in [-0.15, -0.1) is 0 Å². The SMILES string of the molecule is CCC[N+](=O)[O-].c1ccsc1. The van der Waals surface area contributed by atoms with Crippen molar-refractivity contribution in [3.05, 3.63) is 33.0 Å². The highest BCUT2D eigenvalue weighted by Crippen LogP contribution is 1.91. The summed E-state index contributed by atoms with van der Waals surface area (Å²) in [6.45, 7) is 1.88. The van der Waals surface area contributed by atoms with Crippen LogP contribution >= 0.6 is 11.3 Å². The van der Waals surface area contributed by atoms with Gasteiger partial charge in [0.1, 0.15) is 0 Å². The van der Waals surface area contributed by atoms with Crippen LogP contribution in [-0.2, 0) is 0 Å². The molecule has 62 valence electrons. The fourth-order valence-electron chi connectivity index (χ4n) is 0.409.